The van der Waals surface area contributed by atoms with E-state index in [1.54, 1.807) is 4.90 Å². The fourth-order valence-electron chi connectivity index (χ4n) is 2.99. The molecule has 19 heavy (non-hydrogen) atoms. The minimum Gasteiger partial charge on any atom is -0.342 e. The van der Waals surface area contributed by atoms with Crippen molar-refractivity contribution in [2.24, 2.45) is 11.8 Å². The predicted octanol–water partition coefficient (Wildman–Crippen LogP) is 3.58. The van der Waals surface area contributed by atoms with Gasteiger partial charge in [-0.15, -0.1) is 11.6 Å². The number of amides is 1. The van der Waals surface area contributed by atoms with Crippen LogP contribution in [0.15, 0.2) is 0 Å². The van der Waals surface area contributed by atoms with Crippen LogP contribution in [0.5, 0.6) is 0 Å². The summed E-state index contributed by atoms with van der Waals surface area (Å²) in [7, 11) is 0. The fourth-order valence-corrected chi connectivity index (χ4v) is 3.19. The molecule has 1 aliphatic heterocycles. The summed E-state index contributed by atoms with van der Waals surface area (Å²) < 4.78 is 37.7. The first kappa shape index (κ1) is 14.9. The topological polar surface area (TPSA) is 20.3 Å². The van der Waals surface area contributed by atoms with Crippen LogP contribution in [-0.2, 0) is 4.79 Å². The van der Waals surface area contributed by atoms with E-state index >= 15 is 0 Å². The van der Waals surface area contributed by atoms with Gasteiger partial charge in [-0.1, -0.05) is 0 Å². The number of nitrogens with zero attached hydrogens (tertiary/aromatic N) is 1. The Morgan fingerprint density at radius 3 is 2.00 bits per heavy atom. The van der Waals surface area contributed by atoms with E-state index in [1.807, 2.05) is 0 Å². The zero-order valence-electron chi connectivity index (χ0n) is 10.8. The Labute approximate surface area is 116 Å². The van der Waals surface area contributed by atoms with Crippen molar-refractivity contribution in [1.29, 1.82) is 0 Å². The first-order valence-corrected chi connectivity index (χ1v) is 7.31. The molecule has 0 spiro atoms. The van der Waals surface area contributed by atoms with Gasteiger partial charge in [0, 0.05) is 24.4 Å². The second kappa shape index (κ2) is 5.90. The summed E-state index contributed by atoms with van der Waals surface area (Å²) in [5, 5.41) is 0.130. The van der Waals surface area contributed by atoms with Gasteiger partial charge in [0.05, 0.1) is 5.92 Å². The molecule has 2 rings (SSSR count). The lowest BCUT2D eigenvalue weighted by molar-refractivity contribution is -0.185. The van der Waals surface area contributed by atoms with Crippen LogP contribution in [0.2, 0.25) is 0 Å². The van der Waals surface area contributed by atoms with Crippen molar-refractivity contribution in [1.82, 2.24) is 4.90 Å². The fraction of sp³-hybridized carbons (Fsp3) is 0.923. The van der Waals surface area contributed by atoms with Crippen LogP contribution in [0, 0.1) is 11.8 Å². The van der Waals surface area contributed by atoms with E-state index < -0.39 is 12.1 Å². The van der Waals surface area contributed by atoms with Gasteiger partial charge in [0.1, 0.15) is 0 Å². The van der Waals surface area contributed by atoms with Gasteiger partial charge in [0.2, 0.25) is 5.91 Å². The van der Waals surface area contributed by atoms with Gasteiger partial charge >= 0.3 is 6.18 Å². The van der Waals surface area contributed by atoms with Crippen LogP contribution in [0.1, 0.15) is 38.5 Å². The van der Waals surface area contributed by atoms with E-state index in [1.165, 1.54) is 0 Å². The Hall–Kier alpha value is -0.450. The highest BCUT2D eigenvalue weighted by Crippen LogP contribution is 2.40. The highest BCUT2D eigenvalue weighted by molar-refractivity contribution is 6.20. The van der Waals surface area contributed by atoms with Gasteiger partial charge in [-0.3, -0.25) is 4.79 Å². The Bertz CT molecular complexity index is 318. The van der Waals surface area contributed by atoms with E-state index in [-0.39, 0.29) is 30.0 Å². The lowest BCUT2D eigenvalue weighted by atomic mass is 9.81. The van der Waals surface area contributed by atoms with E-state index in [0.29, 0.717) is 25.9 Å². The highest BCUT2D eigenvalue weighted by Gasteiger charge is 2.43. The van der Waals surface area contributed by atoms with E-state index in [9.17, 15) is 18.0 Å². The van der Waals surface area contributed by atoms with Gasteiger partial charge in [-0.25, -0.2) is 0 Å². The number of alkyl halides is 4. The van der Waals surface area contributed by atoms with Crippen molar-refractivity contribution < 1.29 is 18.0 Å². The summed E-state index contributed by atoms with van der Waals surface area (Å²) in [6.45, 7) is 1.29. The molecule has 1 saturated carbocycles. The molecule has 0 atom stereocenters. The first-order valence-electron chi connectivity index (χ1n) is 6.87. The van der Waals surface area contributed by atoms with Crippen LogP contribution in [0.3, 0.4) is 0 Å². The first-order chi connectivity index (χ1) is 8.88. The van der Waals surface area contributed by atoms with Crippen LogP contribution in [-0.4, -0.2) is 35.4 Å². The molecule has 110 valence electrons. The van der Waals surface area contributed by atoms with Crippen molar-refractivity contribution in [3.8, 4) is 0 Å². The van der Waals surface area contributed by atoms with Crippen molar-refractivity contribution in [3.63, 3.8) is 0 Å². The standard InChI is InChI=1S/C13H19ClF3NO/c14-11-5-7-18(8-6-11)12(19)9-1-3-10(4-2-9)13(15,16)17/h9-11H,1-8H2. The minimum atomic E-state index is -4.11. The number of rotatable bonds is 1. The van der Waals surface area contributed by atoms with Gasteiger partial charge in [-0.2, -0.15) is 13.2 Å². The molecule has 1 aliphatic carbocycles. The summed E-state index contributed by atoms with van der Waals surface area (Å²) in [4.78, 5) is 14.0. The second-order valence-corrected chi connectivity index (χ2v) is 6.21. The molecule has 6 heteroatoms. The quantitative estimate of drug-likeness (QED) is 0.677. The van der Waals surface area contributed by atoms with Gasteiger partial charge in [0.15, 0.2) is 0 Å². The Kier molecular flexibility index (Phi) is 4.64. The van der Waals surface area contributed by atoms with Crippen LogP contribution in [0.4, 0.5) is 13.2 Å². The van der Waals surface area contributed by atoms with E-state index in [2.05, 4.69) is 0 Å². The van der Waals surface area contributed by atoms with Gasteiger partial charge in [0.25, 0.3) is 0 Å². The molecule has 1 saturated heterocycles. The Morgan fingerprint density at radius 1 is 1.00 bits per heavy atom. The minimum absolute atomic E-state index is 0.0317. The van der Waals surface area contributed by atoms with Crippen molar-refractivity contribution >= 4 is 17.5 Å². The van der Waals surface area contributed by atoms with Crippen molar-refractivity contribution in [3.05, 3.63) is 0 Å². The molecule has 1 amide bonds. The lowest BCUT2D eigenvalue weighted by Crippen LogP contribution is -2.43. The molecule has 0 radical (unpaired) electrons. The molecule has 0 aromatic rings. The summed E-state index contributed by atoms with van der Waals surface area (Å²) >= 11 is 5.98. The number of hydrogen-bond donors (Lipinski definition) is 0. The smallest absolute Gasteiger partial charge is 0.342 e. The maximum atomic E-state index is 12.6. The highest BCUT2D eigenvalue weighted by atomic mass is 35.5. The summed E-state index contributed by atoms with van der Waals surface area (Å²) in [6, 6.07) is 0. The average Bonchev–Trinajstić information content (AvgIpc) is 2.38. The van der Waals surface area contributed by atoms with E-state index in [0.717, 1.165) is 12.8 Å². The van der Waals surface area contributed by atoms with Crippen LogP contribution in [0.25, 0.3) is 0 Å². The molecule has 0 bridgehead atoms. The van der Waals surface area contributed by atoms with E-state index in [4.69, 9.17) is 11.6 Å². The van der Waals surface area contributed by atoms with Crippen molar-refractivity contribution in [2.75, 3.05) is 13.1 Å². The monoisotopic (exact) mass is 297 g/mol. The SMILES string of the molecule is O=C(C1CCC(C(F)(F)F)CC1)N1CCC(Cl)CC1. The number of halogens is 4. The molecular weight excluding hydrogens is 279 g/mol. The summed E-state index contributed by atoms with van der Waals surface area (Å²) in [5.41, 5.74) is 0. The number of carbonyl (C=O) groups is 1. The summed E-state index contributed by atoms with van der Waals surface area (Å²) in [5.74, 6) is -1.40. The van der Waals surface area contributed by atoms with Gasteiger partial charge in [-0.05, 0) is 38.5 Å². The zero-order valence-corrected chi connectivity index (χ0v) is 11.5. The molecule has 0 aromatic carbocycles. The third-order valence-electron chi connectivity index (χ3n) is 4.28. The number of carbonyl (C=O) groups excluding carboxylic acids is 1. The lowest BCUT2D eigenvalue weighted by Gasteiger charge is -2.35. The number of hydrogen-bond acceptors (Lipinski definition) is 1. The zero-order chi connectivity index (χ0) is 14.0. The molecular formula is C13H19ClF3NO. The maximum absolute atomic E-state index is 12.6. The third-order valence-corrected chi connectivity index (χ3v) is 4.71. The molecule has 0 N–H and O–H groups in total. The van der Waals surface area contributed by atoms with Gasteiger partial charge < -0.3 is 4.90 Å². The normalized spacial score (nSPS) is 30.4. The third kappa shape index (κ3) is 3.77. The second-order valence-electron chi connectivity index (χ2n) is 5.59. The molecule has 2 aliphatic rings. The predicted molar refractivity (Wildman–Crippen MR) is 67.0 cm³/mol. The molecule has 2 fully saturated rings. The summed E-state index contributed by atoms with van der Waals surface area (Å²) in [6.07, 6.45) is -1.63. The maximum Gasteiger partial charge on any atom is 0.391 e. The molecule has 0 unspecified atom stereocenters. The Morgan fingerprint density at radius 2 is 1.53 bits per heavy atom. The molecule has 2 nitrogen and oxygen atoms in total. The average molecular weight is 298 g/mol. The molecule has 0 aromatic heterocycles. The molecule has 1 heterocycles. The van der Waals surface area contributed by atoms with Crippen molar-refractivity contribution in [2.45, 2.75) is 50.1 Å². The number of likely N-dealkylation sites (tertiary alicyclic amines) is 1. The van der Waals surface area contributed by atoms with Crippen LogP contribution >= 0.6 is 11.6 Å². The number of piperidine rings is 1. The Balaban J connectivity index is 1.82. The largest absolute Gasteiger partial charge is 0.391 e. The van der Waals surface area contributed by atoms with Crippen LogP contribution < -0.4 is 0 Å².